The van der Waals surface area contributed by atoms with Gasteiger partial charge >= 0.3 is 5.97 Å². The van der Waals surface area contributed by atoms with Gasteiger partial charge in [0, 0.05) is 26.7 Å². The summed E-state index contributed by atoms with van der Waals surface area (Å²) in [6.45, 7) is 3.00. The van der Waals surface area contributed by atoms with Crippen molar-refractivity contribution in [2.75, 3.05) is 39.9 Å². The first-order valence-electron chi connectivity index (χ1n) is 5.75. The summed E-state index contributed by atoms with van der Waals surface area (Å²) in [5, 5.41) is 8.76. The van der Waals surface area contributed by atoms with E-state index in [9.17, 15) is 14.4 Å². The average molecular weight is 258 g/mol. The predicted molar refractivity (Wildman–Crippen MR) is 61.8 cm³/mol. The fourth-order valence-electron chi connectivity index (χ4n) is 1.71. The minimum atomic E-state index is -1.17. The number of carboxylic acid groups (broad SMARTS) is 1. The van der Waals surface area contributed by atoms with Crippen molar-refractivity contribution in [2.24, 2.45) is 5.92 Å². The monoisotopic (exact) mass is 258 g/mol. The summed E-state index contributed by atoms with van der Waals surface area (Å²) in [6, 6.07) is 0. The summed E-state index contributed by atoms with van der Waals surface area (Å²) in [5.74, 6) is -2.97. The van der Waals surface area contributed by atoms with Crippen molar-refractivity contribution in [3.05, 3.63) is 0 Å². The average Bonchev–Trinajstić information content (AvgIpc) is 2.35. The van der Waals surface area contributed by atoms with E-state index in [0.717, 1.165) is 0 Å². The van der Waals surface area contributed by atoms with Crippen LogP contribution >= 0.6 is 0 Å². The zero-order chi connectivity index (χ0) is 13.7. The topological polar surface area (TPSA) is 87.2 Å². The highest BCUT2D eigenvalue weighted by Crippen LogP contribution is 2.08. The number of carbonyl (C=O) groups is 3. The van der Waals surface area contributed by atoms with E-state index in [0.29, 0.717) is 26.2 Å². The van der Waals surface area contributed by atoms with Crippen LogP contribution in [0.3, 0.4) is 0 Å². The van der Waals surface area contributed by atoms with Crippen LogP contribution in [0.4, 0.5) is 0 Å². The first-order chi connectivity index (χ1) is 8.47. The van der Waals surface area contributed by atoms with Crippen LogP contribution < -0.4 is 0 Å². The number of rotatable bonds is 5. The summed E-state index contributed by atoms with van der Waals surface area (Å²) >= 11 is 0. The van der Waals surface area contributed by atoms with E-state index in [1.165, 1.54) is 11.8 Å². The maximum absolute atomic E-state index is 11.8. The van der Waals surface area contributed by atoms with Gasteiger partial charge in [-0.05, 0) is 6.92 Å². The van der Waals surface area contributed by atoms with Gasteiger partial charge in [-0.15, -0.1) is 0 Å². The maximum Gasteiger partial charge on any atom is 0.315 e. The molecule has 2 amide bonds. The lowest BCUT2D eigenvalue weighted by atomic mass is 10.1. The van der Waals surface area contributed by atoms with Gasteiger partial charge in [0.15, 0.2) is 0 Å². The first-order valence-corrected chi connectivity index (χ1v) is 5.75. The molecule has 1 aliphatic rings. The Bertz CT molecular complexity index is 344. The summed E-state index contributed by atoms with van der Waals surface area (Å²) in [7, 11) is 1.55. The molecule has 0 aromatic rings. The molecule has 102 valence electrons. The van der Waals surface area contributed by atoms with Crippen LogP contribution in [0.2, 0.25) is 0 Å². The molecule has 0 aromatic carbocycles. The Morgan fingerprint density at radius 3 is 2.61 bits per heavy atom. The fourth-order valence-corrected chi connectivity index (χ4v) is 1.71. The highest BCUT2D eigenvalue weighted by molar-refractivity contribution is 5.98. The first kappa shape index (κ1) is 14.4. The molecule has 0 aliphatic carbocycles. The number of methoxy groups -OCH3 is 1. The third-order valence-corrected chi connectivity index (χ3v) is 2.94. The van der Waals surface area contributed by atoms with Crippen molar-refractivity contribution in [3.8, 4) is 0 Å². The molecule has 1 rings (SSSR count). The second kappa shape index (κ2) is 6.34. The van der Waals surface area contributed by atoms with E-state index in [4.69, 9.17) is 9.84 Å². The molecule has 7 nitrogen and oxygen atoms in total. The number of hydrogen-bond acceptors (Lipinski definition) is 4. The van der Waals surface area contributed by atoms with E-state index in [2.05, 4.69) is 0 Å². The molecule has 0 bridgehead atoms. The van der Waals surface area contributed by atoms with Crippen LogP contribution in [-0.4, -0.2) is 72.6 Å². The highest BCUT2D eigenvalue weighted by atomic mass is 16.5. The van der Waals surface area contributed by atoms with Crippen LogP contribution in [0.5, 0.6) is 0 Å². The molecule has 18 heavy (non-hydrogen) atoms. The number of carbonyl (C=O) groups excluding carboxylic acids is 2. The number of ether oxygens (including phenoxy) is 1. The van der Waals surface area contributed by atoms with Crippen molar-refractivity contribution < 1.29 is 24.2 Å². The molecular weight excluding hydrogens is 240 g/mol. The lowest BCUT2D eigenvalue weighted by molar-refractivity contribution is -0.155. The van der Waals surface area contributed by atoms with Gasteiger partial charge in [-0.3, -0.25) is 14.4 Å². The summed E-state index contributed by atoms with van der Waals surface area (Å²) in [4.78, 5) is 37.1. The van der Waals surface area contributed by atoms with Gasteiger partial charge in [-0.1, -0.05) is 0 Å². The molecule has 1 N–H and O–H groups in total. The Hall–Kier alpha value is -1.63. The molecule has 1 atom stereocenters. The third-order valence-electron chi connectivity index (χ3n) is 2.94. The largest absolute Gasteiger partial charge is 0.481 e. The SMILES string of the molecule is COCCN1CCN(C(=O)C(C)C(=O)O)CC1=O. The molecular formula is C11H18N2O5. The molecule has 0 saturated carbocycles. The lowest BCUT2D eigenvalue weighted by Crippen LogP contribution is -2.54. The Morgan fingerprint density at radius 1 is 1.44 bits per heavy atom. The molecule has 1 heterocycles. The van der Waals surface area contributed by atoms with Gasteiger partial charge in [0.1, 0.15) is 5.92 Å². The summed E-state index contributed by atoms with van der Waals surface area (Å²) < 4.78 is 4.88. The number of piperazine rings is 1. The number of hydrogen-bond donors (Lipinski definition) is 1. The predicted octanol–water partition coefficient (Wildman–Crippen LogP) is -0.976. The Kier molecular flexibility index (Phi) is 5.08. The lowest BCUT2D eigenvalue weighted by Gasteiger charge is -2.34. The second-order valence-electron chi connectivity index (χ2n) is 4.19. The Balaban J connectivity index is 2.52. The van der Waals surface area contributed by atoms with Crippen molar-refractivity contribution in [2.45, 2.75) is 6.92 Å². The zero-order valence-electron chi connectivity index (χ0n) is 10.6. The molecule has 1 aliphatic heterocycles. The van der Waals surface area contributed by atoms with E-state index < -0.39 is 17.8 Å². The van der Waals surface area contributed by atoms with Crippen molar-refractivity contribution >= 4 is 17.8 Å². The third kappa shape index (κ3) is 3.43. The fraction of sp³-hybridized carbons (Fsp3) is 0.727. The van der Waals surface area contributed by atoms with Gasteiger partial charge in [-0.2, -0.15) is 0 Å². The van der Waals surface area contributed by atoms with E-state index in [1.807, 2.05) is 0 Å². The highest BCUT2D eigenvalue weighted by Gasteiger charge is 2.31. The quantitative estimate of drug-likeness (QED) is 0.641. The summed E-state index contributed by atoms with van der Waals surface area (Å²) in [5.41, 5.74) is 0. The minimum absolute atomic E-state index is 0.0554. The van der Waals surface area contributed by atoms with Gasteiger partial charge in [-0.25, -0.2) is 0 Å². The second-order valence-corrected chi connectivity index (χ2v) is 4.19. The molecule has 1 saturated heterocycles. The van der Waals surface area contributed by atoms with E-state index in [1.54, 1.807) is 12.0 Å². The molecule has 0 aromatic heterocycles. The molecule has 1 unspecified atom stereocenters. The zero-order valence-corrected chi connectivity index (χ0v) is 10.6. The van der Waals surface area contributed by atoms with Gasteiger partial charge in [0.25, 0.3) is 0 Å². The van der Waals surface area contributed by atoms with Crippen LogP contribution in [-0.2, 0) is 19.1 Å². The standard InChI is InChI=1S/C11H18N2O5/c1-8(11(16)17)10(15)13-4-3-12(5-6-18-2)9(14)7-13/h8H,3-7H2,1-2H3,(H,16,17). The van der Waals surface area contributed by atoms with E-state index >= 15 is 0 Å². The minimum Gasteiger partial charge on any atom is -0.481 e. The van der Waals surface area contributed by atoms with Crippen LogP contribution in [0, 0.1) is 5.92 Å². The summed E-state index contributed by atoms with van der Waals surface area (Å²) in [6.07, 6.45) is 0. The van der Waals surface area contributed by atoms with Gasteiger partial charge < -0.3 is 19.6 Å². The van der Waals surface area contributed by atoms with Crippen LogP contribution in [0.1, 0.15) is 6.92 Å². The van der Waals surface area contributed by atoms with Crippen molar-refractivity contribution in [3.63, 3.8) is 0 Å². The number of amides is 2. The van der Waals surface area contributed by atoms with Crippen LogP contribution in [0.25, 0.3) is 0 Å². The van der Waals surface area contributed by atoms with Crippen molar-refractivity contribution in [1.29, 1.82) is 0 Å². The van der Waals surface area contributed by atoms with Gasteiger partial charge in [0.05, 0.1) is 13.2 Å². The Labute approximate surface area is 105 Å². The molecule has 7 heteroatoms. The Morgan fingerprint density at radius 2 is 2.11 bits per heavy atom. The number of aliphatic carboxylic acids is 1. The van der Waals surface area contributed by atoms with E-state index in [-0.39, 0.29) is 12.5 Å². The molecule has 0 spiro atoms. The van der Waals surface area contributed by atoms with Gasteiger partial charge in [0.2, 0.25) is 11.8 Å². The maximum atomic E-state index is 11.8. The normalized spacial score (nSPS) is 17.8. The number of nitrogens with zero attached hydrogens (tertiary/aromatic N) is 2. The molecule has 1 fully saturated rings. The van der Waals surface area contributed by atoms with Crippen LogP contribution in [0.15, 0.2) is 0 Å². The number of carboxylic acids is 1. The smallest absolute Gasteiger partial charge is 0.315 e. The molecule has 0 radical (unpaired) electrons. The van der Waals surface area contributed by atoms with Crippen molar-refractivity contribution in [1.82, 2.24) is 9.80 Å².